The van der Waals surface area contributed by atoms with Gasteiger partial charge in [0.2, 0.25) is 0 Å². The van der Waals surface area contributed by atoms with Crippen LogP contribution >= 0.6 is 24.8 Å². The molecule has 0 saturated carbocycles. The number of ether oxygens (including phenoxy) is 1. The van der Waals surface area contributed by atoms with E-state index in [1.54, 1.807) is 7.11 Å². The van der Waals surface area contributed by atoms with Crippen LogP contribution in [0.3, 0.4) is 0 Å². The molecule has 0 aromatic carbocycles. The van der Waals surface area contributed by atoms with Gasteiger partial charge in [-0.15, -0.1) is 24.8 Å². The standard InChI is InChI=1S/C15H23N3O2.2ClH/c1-11-5-6-13(12(2)18-11)14(19)16-9-15(10-20-3)7-4-8-17-15;;/h5-6,17H,4,7-10H2,1-3H3,(H,16,19);2*1H. The molecule has 1 aliphatic heterocycles. The minimum absolute atomic E-state index is 0. The topological polar surface area (TPSA) is 63.2 Å². The molecule has 2 rings (SSSR count). The maximum absolute atomic E-state index is 12.3. The summed E-state index contributed by atoms with van der Waals surface area (Å²) in [5, 5.41) is 6.45. The molecule has 1 aliphatic rings. The maximum Gasteiger partial charge on any atom is 0.253 e. The van der Waals surface area contributed by atoms with E-state index in [1.165, 1.54) is 0 Å². The first kappa shape index (κ1) is 21.1. The van der Waals surface area contributed by atoms with Crippen molar-refractivity contribution >= 4 is 30.7 Å². The van der Waals surface area contributed by atoms with Crippen molar-refractivity contribution in [2.45, 2.75) is 32.2 Å². The Morgan fingerprint density at radius 2 is 2.14 bits per heavy atom. The fourth-order valence-electron chi connectivity index (χ4n) is 2.74. The molecular weight excluding hydrogens is 325 g/mol. The van der Waals surface area contributed by atoms with Crippen LogP contribution in [-0.2, 0) is 4.74 Å². The number of methoxy groups -OCH3 is 1. The third kappa shape index (κ3) is 5.09. The van der Waals surface area contributed by atoms with Crippen molar-refractivity contribution < 1.29 is 9.53 Å². The first-order valence-electron chi connectivity index (χ1n) is 7.03. The number of rotatable bonds is 5. The molecular formula is C15H25Cl2N3O2. The summed E-state index contributed by atoms with van der Waals surface area (Å²) in [4.78, 5) is 16.6. The minimum Gasteiger partial charge on any atom is -0.383 e. The van der Waals surface area contributed by atoms with Crippen molar-refractivity contribution in [1.29, 1.82) is 0 Å². The van der Waals surface area contributed by atoms with Crippen molar-refractivity contribution in [3.63, 3.8) is 0 Å². The van der Waals surface area contributed by atoms with Crippen molar-refractivity contribution in [2.24, 2.45) is 0 Å². The third-order valence-corrected chi connectivity index (χ3v) is 3.81. The highest BCUT2D eigenvalue weighted by Crippen LogP contribution is 2.19. The molecule has 0 aliphatic carbocycles. The van der Waals surface area contributed by atoms with Crippen LogP contribution in [0.15, 0.2) is 12.1 Å². The maximum atomic E-state index is 12.3. The quantitative estimate of drug-likeness (QED) is 0.853. The van der Waals surface area contributed by atoms with Crippen LogP contribution in [-0.4, -0.2) is 43.2 Å². The molecule has 1 aromatic rings. The van der Waals surface area contributed by atoms with E-state index in [1.807, 2.05) is 26.0 Å². The summed E-state index contributed by atoms with van der Waals surface area (Å²) in [6.07, 6.45) is 2.14. The molecule has 1 fully saturated rings. The zero-order chi connectivity index (χ0) is 14.6. The molecule has 5 nitrogen and oxygen atoms in total. The lowest BCUT2D eigenvalue weighted by atomic mass is 9.98. The average Bonchev–Trinajstić information content (AvgIpc) is 2.85. The molecule has 22 heavy (non-hydrogen) atoms. The van der Waals surface area contributed by atoms with Crippen LogP contribution in [0.25, 0.3) is 0 Å². The van der Waals surface area contributed by atoms with Gasteiger partial charge in [-0.25, -0.2) is 0 Å². The molecule has 0 radical (unpaired) electrons. The number of nitrogens with zero attached hydrogens (tertiary/aromatic N) is 1. The highest BCUT2D eigenvalue weighted by atomic mass is 35.5. The smallest absolute Gasteiger partial charge is 0.253 e. The second-order valence-electron chi connectivity index (χ2n) is 5.51. The molecule has 2 heterocycles. The van der Waals surface area contributed by atoms with E-state index in [4.69, 9.17) is 4.74 Å². The number of amides is 1. The summed E-state index contributed by atoms with van der Waals surface area (Å²) in [6, 6.07) is 3.69. The number of hydrogen-bond donors (Lipinski definition) is 2. The van der Waals surface area contributed by atoms with E-state index >= 15 is 0 Å². The number of carbonyl (C=O) groups is 1. The summed E-state index contributed by atoms with van der Waals surface area (Å²) in [5.41, 5.74) is 2.20. The number of hydrogen-bond acceptors (Lipinski definition) is 4. The number of nitrogens with one attached hydrogen (secondary N) is 2. The summed E-state index contributed by atoms with van der Waals surface area (Å²) < 4.78 is 5.28. The summed E-state index contributed by atoms with van der Waals surface area (Å²) in [6.45, 7) is 5.95. The van der Waals surface area contributed by atoms with Crippen molar-refractivity contribution in [2.75, 3.05) is 26.8 Å². The number of halogens is 2. The van der Waals surface area contributed by atoms with Crippen LogP contribution in [0, 0.1) is 13.8 Å². The molecule has 2 N–H and O–H groups in total. The lowest BCUT2D eigenvalue weighted by Crippen LogP contribution is -2.53. The average molecular weight is 350 g/mol. The highest BCUT2D eigenvalue weighted by Gasteiger charge is 2.33. The predicted molar refractivity (Wildman–Crippen MR) is 92.4 cm³/mol. The number of pyridine rings is 1. The highest BCUT2D eigenvalue weighted by molar-refractivity contribution is 5.95. The SMILES string of the molecule is COCC1(CNC(=O)c2ccc(C)nc2C)CCCN1.Cl.Cl. The van der Waals surface area contributed by atoms with Gasteiger partial charge in [0.25, 0.3) is 5.91 Å². The molecule has 0 bridgehead atoms. The van der Waals surface area contributed by atoms with Gasteiger partial charge in [0.05, 0.1) is 23.4 Å². The predicted octanol–water partition coefficient (Wildman–Crippen LogP) is 2.04. The Labute approximate surface area is 144 Å². The van der Waals surface area contributed by atoms with Gasteiger partial charge >= 0.3 is 0 Å². The second kappa shape index (κ2) is 9.30. The lowest BCUT2D eigenvalue weighted by Gasteiger charge is -2.29. The lowest BCUT2D eigenvalue weighted by molar-refractivity contribution is 0.0891. The molecule has 1 amide bonds. The molecule has 7 heteroatoms. The first-order valence-corrected chi connectivity index (χ1v) is 7.03. The Hall–Kier alpha value is -0.880. The second-order valence-corrected chi connectivity index (χ2v) is 5.51. The van der Waals surface area contributed by atoms with Crippen molar-refractivity contribution in [1.82, 2.24) is 15.6 Å². The Morgan fingerprint density at radius 3 is 2.68 bits per heavy atom. The molecule has 1 aromatic heterocycles. The van der Waals surface area contributed by atoms with Crippen LogP contribution in [0.5, 0.6) is 0 Å². The third-order valence-electron chi connectivity index (χ3n) is 3.81. The molecule has 1 saturated heterocycles. The monoisotopic (exact) mass is 349 g/mol. The fraction of sp³-hybridized carbons (Fsp3) is 0.600. The Balaban J connectivity index is 0.00000220. The van der Waals surface area contributed by atoms with Crippen LogP contribution in [0.4, 0.5) is 0 Å². The Morgan fingerprint density at radius 1 is 1.41 bits per heavy atom. The molecule has 1 unspecified atom stereocenters. The van der Waals surface area contributed by atoms with Gasteiger partial charge in [-0.2, -0.15) is 0 Å². The number of carbonyl (C=O) groups excluding carboxylic acids is 1. The van der Waals surface area contributed by atoms with E-state index < -0.39 is 0 Å². The zero-order valence-corrected chi connectivity index (χ0v) is 14.9. The van der Waals surface area contributed by atoms with Gasteiger partial charge in [-0.3, -0.25) is 9.78 Å². The van der Waals surface area contributed by atoms with Crippen molar-refractivity contribution in [3.05, 3.63) is 29.1 Å². The van der Waals surface area contributed by atoms with Gasteiger partial charge in [0.15, 0.2) is 0 Å². The first-order chi connectivity index (χ1) is 9.56. The summed E-state index contributed by atoms with van der Waals surface area (Å²) >= 11 is 0. The zero-order valence-electron chi connectivity index (χ0n) is 13.3. The molecule has 0 spiro atoms. The number of aryl methyl sites for hydroxylation is 2. The van der Waals surface area contributed by atoms with Gasteiger partial charge in [0, 0.05) is 19.3 Å². The van der Waals surface area contributed by atoms with Gasteiger partial charge in [0.1, 0.15) is 0 Å². The Kier molecular flexibility index (Phi) is 8.93. The van der Waals surface area contributed by atoms with E-state index in [0.29, 0.717) is 18.7 Å². The van der Waals surface area contributed by atoms with Crippen LogP contribution < -0.4 is 10.6 Å². The summed E-state index contributed by atoms with van der Waals surface area (Å²) in [7, 11) is 1.69. The minimum atomic E-state index is -0.129. The fourth-order valence-corrected chi connectivity index (χ4v) is 2.74. The van der Waals surface area contributed by atoms with Gasteiger partial charge in [-0.05, 0) is 45.4 Å². The van der Waals surface area contributed by atoms with E-state index in [-0.39, 0.29) is 36.3 Å². The van der Waals surface area contributed by atoms with Crippen LogP contribution in [0.2, 0.25) is 0 Å². The van der Waals surface area contributed by atoms with Gasteiger partial charge in [-0.1, -0.05) is 0 Å². The number of aromatic nitrogens is 1. The van der Waals surface area contributed by atoms with E-state index in [2.05, 4.69) is 15.6 Å². The van der Waals surface area contributed by atoms with Crippen LogP contribution in [0.1, 0.15) is 34.6 Å². The largest absolute Gasteiger partial charge is 0.383 e. The molecule has 126 valence electrons. The van der Waals surface area contributed by atoms with E-state index in [0.717, 1.165) is 30.8 Å². The summed E-state index contributed by atoms with van der Waals surface area (Å²) in [5.74, 6) is -0.0702. The normalized spacial score (nSPS) is 20.0. The van der Waals surface area contributed by atoms with Gasteiger partial charge < -0.3 is 15.4 Å². The van der Waals surface area contributed by atoms with Crippen molar-refractivity contribution in [3.8, 4) is 0 Å². The molecule has 1 atom stereocenters. The van der Waals surface area contributed by atoms with E-state index in [9.17, 15) is 4.79 Å². The Bertz CT molecular complexity index is 492.